The van der Waals surface area contributed by atoms with Crippen LogP contribution in [0.15, 0.2) is 41.3 Å². The van der Waals surface area contributed by atoms with E-state index in [9.17, 15) is 23.1 Å². The van der Waals surface area contributed by atoms with Gasteiger partial charge in [-0.2, -0.15) is 4.72 Å². The van der Waals surface area contributed by atoms with Gasteiger partial charge in [-0.1, -0.05) is 23.7 Å². The quantitative estimate of drug-likeness (QED) is 0.640. The lowest BCUT2D eigenvalue weighted by Gasteiger charge is -2.35. The third-order valence-corrected chi connectivity index (χ3v) is 8.24. The second-order valence-corrected chi connectivity index (χ2v) is 10.9. The first-order valence-corrected chi connectivity index (χ1v) is 13.0. The molecule has 0 spiro atoms. The Kier molecular flexibility index (Phi) is 6.95. The predicted octanol–water partition coefficient (Wildman–Crippen LogP) is 1.99. The molecule has 2 aromatic rings. The van der Waals surface area contributed by atoms with E-state index < -0.39 is 28.0 Å². The molecule has 8 nitrogen and oxygen atoms in total. The van der Waals surface area contributed by atoms with Crippen LogP contribution >= 0.6 is 11.6 Å². The molecule has 3 atom stereocenters. The van der Waals surface area contributed by atoms with Crippen molar-refractivity contribution < 1.29 is 23.1 Å². The molecular formula is C23H28ClN3O5S. The van der Waals surface area contributed by atoms with E-state index in [1.165, 1.54) is 11.0 Å². The highest BCUT2D eigenvalue weighted by molar-refractivity contribution is 7.89. The van der Waals surface area contributed by atoms with Crippen molar-refractivity contribution in [3.8, 4) is 0 Å². The standard InChI is InChI=1S/C23H28ClN3O5S/c1-15(22(29)26-9-2-3-16(13-26)14-28)27-10-8-21(23(27)30)25-33(31,32)20-7-5-17-11-19(24)6-4-18(17)12-20/h4-7,11-12,15-16,21,25,28H,2-3,8-10,13-14H2,1H3/t15-,16?,21-/m0/s1. The van der Waals surface area contributed by atoms with Gasteiger partial charge in [-0.15, -0.1) is 0 Å². The molecule has 2 fully saturated rings. The molecule has 2 aliphatic rings. The van der Waals surface area contributed by atoms with Gasteiger partial charge >= 0.3 is 0 Å². The first-order chi connectivity index (χ1) is 15.7. The summed E-state index contributed by atoms with van der Waals surface area (Å²) in [5.41, 5.74) is 0. The maximum atomic E-state index is 13.0. The van der Waals surface area contributed by atoms with Gasteiger partial charge in [0.05, 0.1) is 4.90 Å². The monoisotopic (exact) mass is 493 g/mol. The zero-order valence-corrected chi connectivity index (χ0v) is 20.0. The molecule has 0 aliphatic carbocycles. The summed E-state index contributed by atoms with van der Waals surface area (Å²) in [7, 11) is -3.93. The van der Waals surface area contributed by atoms with Gasteiger partial charge in [0.15, 0.2) is 0 Å². The number of likely N-dealkylation sites (tertiary alicyclic amines) is 2. The second kappa shape index (κ2) is 9.58. The molecule has 2 N–H and O–H groups in total. The number of piperidine rings is 1. The van der Waals surface area contributed by atoms with Crippen molar-refractivity contribution >= 4 is 44.2 Å². The highest BCUT2D eigenvalue weighted by Crippen LogP contribution is 2.25. The molecule has 10 heteroatoms. The van der Waals surface area contributed by atoms with E-state index in [0.29, 0.717) is 24.7 Å². The average molecular weight is 494 g/mol. The van der Waals surface area contributed by atoms with Crippen molar-refractivity contribution in [2.24, 2.45) is 5.92 Å². The van der Waals surface area contributed by atoms with Gasteiger partial charge in [0, 0.05) is 31.3 Å². The van der Waals surface area contributed by atoms with Crippen LogP contribution in [0.3, 0.4) is 0 Å². The summed E-state index contributed by atoms with van der Waals surface area (Å²) in [6, 6.07) is 8.29. The van der Waals surface area contributed by atoms with Crippen molar-refractivity contribution in [3.63, 3.8) is 0 Å². The molecule has 33 heavy (non-hydrogen) atoms. The number of carbonyl (C=O) groups excluding carboxylic acids is 2. The van der Waals surface area contributed by atoms with Gasteiger partial charge in [-0.05, 0) is 67.1 Å². The smallest absolute Gasteiger partial charge is 0.245 e. The minimum absolute atomic E-state index is 0.0342. The van der Waals surface area contributed by atoms with E-state index >= 15 is 0 Å². The predicted molar refractivity (Wildman–Crippen MR) is 125 cm³/mol. The Labute approximate surface area is 198 Å². The SMILES string of the molecule is C[C@@H](C(=O)N1CCCC(CO)C1)N1CC[C@H](NS(=O)(=O)c2ccc3cc(Cl)ccc3c2)C1=O. The number of halogens is 1. The fourth-order valence-electron chi connectivity index (χ4n) is 4.62. The van der Waals surface area contributed by atoms with Crippen LogP contribution in [-0.4, -0.2) is 73.5 Å². The summed E-state index contributed by atoms with van der Waals surface area (Å²) < 4.78 is 28.4. The van der Waals surface area contributed by atoms with E-state index in [0.717, 1.165) is 23.6 Å². The van der Waals surface area contributed by atoms with Crippen molar-refractivity contribution in [2.75, 3.05) is 26.2 Å². The van der Waals surface area contributed by atoms with Crippen LogP contribution in [0, 0.1) is 5.92 Å². The number of sulfonamides is 1. The third kappa shape index (κ3) is 5.01. The highest BCUT2D eigenvalue weighted by atomic mass is 35.5. The maximum absolute atomic E-state index is 13.0. The Morgan fingerprint density at radius 2 is 1.91 bits per heavy atom. The number of amides is 2. The fourth-order valence-corrected chi connectivity index (χ4v) is 6.06. The summed E-state index contributed by atoms with van der Waals surface area (Å²) in [5.74, 6) is -0.511. The van der Waals surface area contributed by atoms with E-state index in [1.54, 1.807) is 42.2 Å². The maximum Gasteiger partial charge on any atom is 0.245 e. The van der Waals surface area contributed by atoms with Crippen molar-refractivity contribution in [1.29, 1.82) is 0 Å². The minimum Gasteiger partial charge on any atom is -0.396 e. The van der Waals surface area contributed by atoms with Gasteiger partial charge in [-0.25, -0.2) is 8.42 Å². The van der Waals surface area contributed by atoms with Crippen molar-refractivity contribution in [3.05, 3.63) is 41.4 Å². The van der Waals surface area contributed by atoms with E-state index in [2.05, 4.69) is 4.72 Å². The lowest BCUT2D eigenvalue weighted by atomic mass is 9.98. The number of aliphatic hydroxyl groups is 1. The molecule has 1 unspecified atom stereocenters. The number of fused-ring (bicyclic) bond motifs is 1. The lowest BCUT2D eigenvalue weighted by Crippen LogP contribution is -2.52. The third-order valence-electron chi connectivity index (χ3n) is 6.54. The fraction of sp³-hybridized carbons (Fsp3) is 0.478. The van der Waals surface area contributed by atoms with Crippen LogP contribution in [-0.2, 0) is 19.6 Å². The molecule has 2 saturated heterocycles. The molecule has 2 heterocycles. The molecule has 0 aromatic heterocycles. The molecule has 2 aliphatic heterocycles. The highest BCUT2D eigenvalue weighted by Gasteiger charge is 2.40. The minimum atomic E-state index is -3.93. The summed E-state index contributed by atoms with van der Waals surface area (Å²) in [4.78, 5) is 29.1. The summed E-state index contributed by atoms with van der Waals surface area (Å²) in [6.45, 7) is 3.09. The largest absolute Gasteiger partial charge is 0.396 e. The topological polar surface area (TPSA) is 107 Å². The van der Waals surface area contributed by atoms with Crippen LogP contribution in [0.1, 0.15) is 26.2 Å². The van der Waals surface area contributed by atoms with Crippen molar-refractivity contribution in [2.45, 2.75) is 43.2 Å². The number of nitrogens with zero attached hydrogens (tertiary/aromatic N) is 2. The van der Waals surface area contributed by atoms with E-state index in [-0.39, 0.29) is 29.7 Å². The van der Waals surface area contributed by atoms with Gasteiger partial charge in [0.1, 0.15) is 12.1 Å². The van der Waals surface area contributed by atoms with Gasteiger partial charge in [0.2, 0.25) is 21.8 Å². The van der Waals surface area contributed by atoms with E-state index in [1.807, 2.05) is 0 Å². The Morgan fingerprint density at radius 1 is 1.18 bits per heavy atom. The molecule has 4 rings (SSSR count). The van der Waals surface area contributed by atoms with Crippen LogP contribution < -0.4 is 4.72 Å². The Balaban J connectivity index is 1.44. The average Bonchev–Trinajstić information content (AvgIpc) is 3.16. The van der Waals surface area contributed by atoms with Crippen LogP contribution in [0.2, 0.25) is 5.02 Å². The molecule has 0 saturated carbocycles. The number of aliphatic hydroxyl groups excluding tert-OH is 1. The summed E-state index contributed by atoms with van der Waals surface area (Å²) >= 11 is 5.99. The zero-order valence-electron chi connectivity index (χ0n) is 18.4. The first kappa shape index (κ1) is 23.9. The second-order valence-electron chi connectivity index (χ2n) is 8.80. The number of hydrogen-bond acceptors (Lipinski definition) is 5. The number of benzene rings is 2. The summed E-state index contributed by atoms with van der Waals surface area (Å²) in [5, 5.41) is 11.5. The number of rotatable bonds is 6. The Bertz CT molecular complexity index is 1170. The molecule has 0 bridgehead atoms. The Morgan fingerprint density at radius 3 is 2.67 bits per heavy atom. The number of nitrogens with one attached hydrogen (secondary N) is 1. The van der Waals surface area contributed by atoms with E-state index in [4.69, 9.17) is 11.6 Å². The first-order valence-electron chi connectivity index (χ1n) is 11.1. The molecule has 2 aromatic carbocycles. The van der Waals surface area contributed by atoms with Crippen molar-refractivity contribution in [1.82, 2.24) is 14.5 Å². The lowest BCUT2D eigenvalue weighted by molar-refractivity contribution is -0.144. The summed E-state index contributed by atoms with van der Waals surface area (Å²) in [6.07, 6.45) is 1.99. The zero-order chi connectivity index (χ0) is 23.8. The molecular weight excluding hydrogens is 466 g/mol. The van der Waals surface area contributed by atoms with Gasteiger partial charge < -0.3 is 14.9 Å². The van der Waals surface area contributed by atoms with Gasteiger partial charge in [-0.3, -0.25) is 9.59 Å². The Hall–Kier alpha value is -2.20. The molecule has 178 valence electrons. The number of hydrogen-bond donors (Lipinski definition) is 2. The van der Waals surface area contributed by atoms with Crippen LogP contribution in [0.25, 0.3) is 10.8 Å². The van der Waals surface area contributed by atoms with Crippen LogP contribution in [0.5, 0.6) is 0 Å². The number of carbonyl (C=O) groups is 2. The molecule has 2 amide bonds. The normalized spacial score (nSPS) is 22.7. The molecule has 0 radical (unpaired) electrons. The van der Waals surface area contributed by atoms with Crippen LogP contribution in [0.4, 0.5) is 0 Å². The van der Waals surface area contributed by atoms with Gasteiger partial charge in [0.25, 0.3) is 0 Å².